The molecule has 1 rings (SSSR count). The normalized spacial score (nSPS) is 10.6. The van der Waals surface area contributed by atoms with Crippen LogP contribution < -0.4 is 4.74 Å². The first kappa shape index (κ1) is 12.8. The van der Waals surface area contributed by atoms with Crippen LogP contribution in [0.4, 0.5) is 13.2 Å². The molecule has 0 heterocycles. The van der Waals surface area contributed by atoms with Gasteiger partial charge in [-0.05, 0) is 22.0 Å². The van der Waals surface area contributed by atoms with E-state index in [2.05, 4.69) is 20.7 Å². The van der Waals surface area contributed by atoms with Crippen LogP contribution in [0.1, 0.15) is 5.56 Å². The number of carboxylic acid groups (broad SMARTS) is 1. The van der Waals surface area contributed by atoms with Gasteiger partial charge in [0.15, 0.2) is 11.6 Å². The van der Waals surface area contributed by atoms with E-state index in [0.29, 0.717) is 0 Å². The van der Waals surface area contributed by atoms with E-state index in [1.165, 1.54) is 12.1 Å². The summed E-state index contributed by atoms with van der Waals surface area (Å²) in [4.78, 5) is 10.4. The Morgan fingerprint density at radius 2 is 2.12 bits per heavy atom. The van der Waals surface area contributed by atoms with Crippen molar-refractivity contribution in [3.63, 3.8) is 0 Å². The predicted octanol–water partition coefficient (Wildman–Crippen LogP) is 2.82. The third-order valence-electron chi connectivity index (χ3n) is 1.68. The minimum atomic E-state index is -3.21. The van der Waals surface area contributed by atoms with Gasteiger partial charge in [0.25, 0.3) is 0 Å². The van der Waals surface area contributed by atoms with E-state index in [4.69, 9.17) is 5.11 Å². The first-order valence-electron chi connectivity index (χ1n) is 4.05. The zero-order chi connectivity index (χ0) is 12.3. The van der Waals surface area contributed by atoms with Crippen LogP contribution in [0.25, 0.3) is 0 Å². The Balaban J connectivity index is 3.15. The molecule has 0 aromatic heterocycles. The standard InChI is InChI=1S/C9H6BrF3O3/c10-5-2-1-4(3-6(14)15)8(7(5)11)16-9(12)13/h1-2,9H,3H2,(H,14,15). The molecule has 0 saturated heterocycles. The lowest BCUT2D eigenvalue weighted by atomic mass is 10.1. The van der Waals surface area contributed by atoms with Crippen LogP contribution in [0.2, 0.25) is 0 Å². The van der Waals surface area contributed by atoms with Crippen molar-refractivity contribution in [1.82, 2.24) is 0 Å². The zero-order valence-electron chi connectivity index (χ0n) is 7.71. The van der Waals surface area contributed by atoms with E-state index in [1.807, 2.05) is 0 Å². The number of aliphatic carboxylic acids is 1. The maximum atomic E-state index is 13.4. The molecule has 3 nitrogen and oxygen atoms in total. The molecule has 0 aliphatic rings. The van der Waals surface area contributed by atoms with Crippen molar-refractivity contribution in [2.75, 3.05) is 0 Å². The number of benzene rings is 1. The number of ether oxygens (including phenoxy) is 1. The Morgan fingerprint density at radius 1 is 1.50 bits per heavy atom. The highest BCUT2D eigenvalue weighted by molar-refractivity contribution is 9.10. The molecule has 0 spiro atoms. The van der Waals surface area contributed by atoms with Gasteiger partial charge in [-0.15, -0.1) is 0 Å². The van der Waals surface area contributed by atoms with Crippen molar-refractivity contribution >= 4 is 21.9 Å². The largest absolute Gasteiger partial charge is 0.481 e. The fourth-order valence-corrected chi connectivity index (χ4v) is 1.40. The molecule has 7 heteroatoms. The van der Waals surface area contributed by atoms with Gasteiger partial charge in [0, 0.05) is 5.56 Å². The summed E-state index contributed by atoms with van der Waals surface area (Å²) < 4.78 is 41.3. The molecule has 16 heavy (non-hydrogen) atoms. The monoisotopic (exact) mass is 298 g/mol. The molecule has 0 atom stereocenters. The Morgan fingerprint density at radius 3 is 2.62 bits per heavy atom. The lowest BCUT2D eigenvalue weighted by Crippen LogP contribution is -2.09. The van der Waals surface area contributed by atoms with Crippen molar-refractivity contribution in [2.24, 2.45) is 0 Å². The molecule has 1 aromatic carbocycles. The number of hydrogen-bond donors (Lipinski definition) is 1. The van der Waals surface area contributed by atoms with Crippen LogP contribution in [0.5, 0.6) is 5.75 Å². The lowest BCUT2D eigenvalue weighted by Gasteiger charge is -2.11. The van der Waals surface area contributed by atoms with E-state index < -0.39 is 30.6 Å². The third-order valence-corrected chi connectivity index (χ3v) is 2.29. The fourth-order valence-electron chi connectivity index (χ4n) is 1.09. The fraction of sp³-hybridized carbons (Fsp3) is 0.222. The van der Waals surface area contributed by atoms with Crippen molar-refractivity contribution in [3.05, 3.63) is 28.0 Å². The molecule has 1 aromatic rings. The molecule has 88 valence electrons. The van der Waals surface area contributed by atoms with E-state index in [1.54, 1.807) is 0 Å². The summed E-state index contributed by atoms with van der Waals surface area (Å²) in [6, 6.07) is 2.44. The highest BCUT2D eigenvalue weighted by Gasteiger charge is 2.18. The van der Waals surface area contributed by atoms with E-state index in [0.717, 1.165) is 0 Å². The maximum absolute atomic E-state index is 13.4. The van der Waals surface area contributed by atoms with Gasteiger partial charge in [-0.2, -0.15) is 8.78 Å². The topological polar surface area (TPSA) is 46.5 Å². The summed E-state index contributed by atoms with van der Waals surface area (Å²) in [7, 11) is 0. The van der Waals surface area contributed by atoms with Gasteiger partial charge in [0.2, 0.25) is 0 Å². The predicted molar refractivity (Wildman–Crippen MR) is 52.1 cm³/mol. The smallest absolute Gasteiger partial charge is 0.387 e. The number of carboxylic acids is 1. The second-order valence-electron chi connectivity index (χ2n) is 2.80. The van der Waals surface area contributed by atoms with Crippen molar-refractivity contribution < 1.29 is 27.8 Å². The molecule has 0 bridgehead atoms. The minimum absolute atomic E-state index is 0.0720. The second kappa shape index (κ2) is 5.20. The van der Waals surface area contributed by atoms with E-state index >= 15 is 0 Å². The summed E-state index contributed by atoms with van der Waals surface area (Å²) in [6.07, 6.45) is -0.591. The third kappa shape index (κ3) is 3.13. The van der Waals surface area contributed by atoms with Crippen LogP contribution in [-0.2, 0) is 11.2 Å². The molecule has 0 fully saturated rings. The number of alkyl halides is 2. The van der Waals surface area contributed by atoms with Gasteiger partial charge < -0.3 is 9.84 Å². The van der Waals surface area contributed by atoms with Crippen molar-refractivity contribution in [3.8, 4) is 5.75 Å². The molecule has 0 unspecified atom stereocenters. The van der Waals surface area contributed by atoms with Crippen LogP contribution in [0, 0.1) is 5.82 Å². The zero-order valence-corrected chi connectivity index (χ0v) is 9.30. The summed E-state index contributed by atoms with van der Waals surface area (Å²) in [6.45, 7) is -3.21. The van der Waals surface area contributed by atoms with E-state index in [-0.39, 0.29) is 10.0 Å². The van der Waals surface area contributed by atoms with Crippen LogP contribution in [0.15, 0.2) is 16.6 Å². The molecular weight excluding hydrogens is 293 g/mol. The van der Waals surface area contributed by atoms with Gasteiger partial charge in [0.05, 0.1) is 10.9 Å². The lowest BCUT2D eigenvalue weighted by molar-refractivity contribution is -0.136. The van der Waals surface area contributed by atoms with Crippen LogP contribution in [0.3, 0.4) is 0 Å². The summed E-state index contributed by atoms with van der Waals surface area (Å²) in [5.74, 6) is -3.05. The molecule has 1 N–H and O–H groups in total. The number of rotatable bonds is 4. The molecule has 0 aliphatic heterocycles. The van der Waals surface area contributed by atoms with Gasteiger partial charge in [0.1, 0.15) is 0 Å². The molecule has 0 amide bonds. The number of carbonyl (C=O) groups is 1. The minimum Gasteiger partial charge on any atom is -0.481 e. The number of halogens is 4. The molecule has 0 aliphatic carbocycles. The Kier molecular flexibility index (Phi) is 4.17. The van der Waals surface area contributed by atoms with Crippen molar-refractivity contribution in [2.45, 2.75) is 13.0 Å². The van der Waals surface area contributed by atoms with Gasteiger partial charge in [-0.1, -0.05) is 6.07 Å². The highest BCUT2D eigenvalue weighted by atomic mass is 79.9. The second-order valence-corrected chi connectivity index (χ2v) is 3.65. The molecule has 0 saturated carbocycles. The Labute approximate surface area is 97.0 Å². The highest BCUT2D eigenvalue weighted by Crippen LogP contribution is 2.30. The van der Waals surface area contributed by atoms with Crippen LogP contribution in [-0.4, -0.2) is 17.7 Å². The van der Waals surface area contributed by atoms with Crippen molar-refractivity contribution in [1.29, 1.82) is 0 Å². The molecule has 0 radical (unpaired) electrons. The SMILES string of the molecule is O=C(O)Cc1ccc(Br)c(F)c1OC(F)F. The van der Waals surface area contributed by atoms with E-state index in [9.17, 15) is 18.0 Å². The first-order valence-corrected chi connectivity index (χ1v) is 4.84. The summed E-state index contributed by atoms with van der Waals surface area (Å²) in [5.41, 5.74) is -0.145. The average Bonchev–Trinajstić information content (AvgIpc) is 2.16. The molecular formula is C9H6BrF3O3. The number of hydrogen-bond acceptors (Lipinski definition) is 2. The van der Waals surface area contributed by atoms with Gasteiger partial charge >= 0.3 is 12.6 Å². The first-order chi connectivity index (χ1) is 7.41. The average molecular weight is 299 g/mol. The Hall–Kier alpha value is -1.24. The van der Waals surface area contributed by atoms with Gasteiger partial charge in [-0.25, -0.2) is 4.39 Å². The van der Waals surface area contributed by atoms with Crippen LogP contribution >= 0.6 is 15.9 Å². The maximum Gasteiger partial charge on any atom is 0.387 e. The Bertz CT molecular complexity index is 409. The van der Waals surface area contributed by atoms with Gasteiger partial charge in [-0.3, -0.25) is 4.79 Å². The summed E-state index contributed by atoms with van der Waals surface area (Å²) >= 11 is 2.79. The summed E-state index contributed by atoms with van der Waals surface area (Å²) in [5, 5.41) is 8.51. The quantitative estimate of drug-likeness (QED) is 0.930.